The lowest BCUT2D eigenvalue weighted by atomic mass is 10.1. The number of carbonyl (C=O) groups excluding carboxylic acids is 2. The van der Waals surface area contributed by atoms with E-state index in [0.29, 0.717) is 16.1 Å². The first-order chi connectivity index (χ1) is 12.1. The number of hydrogen-bond donors (Lipinski definition) is 1. The maximum absolute atomic E-state index is 12.4. The summed E-state index contributed by atoms with van der Waals surface area (Å²) in [6.07, 6.45) is -0.349. The number of amides is 1. The van der Waals surface area contributed by atoms with Crippen LogP contribution in [0.4, 0.5) is 5.69 Å². The topological polar surface area (TPSA) is 55.4 Å². The highest BCUT2D eigenvalue weighted by molar-refractivity contribution is 7.12. The SMILES string of the molecule is C[C@H](OC(=O)c1cccc(NC(=O)c2cccs2)c1)c1ccccc1. The zero-order valence-electron chi connectivity index (χ0n) is 13.6. The minimum atomic E-state index is -0.427. The molecule has 0 saturated carbocycles. The summed E-state index contributed by atoms with van der Waals surface area (Å²) in [6.45, 7) is 1.83. The van der Waals surface area contributed by atoms with Crippen molar-refractivity contribution in [3.8, 4) is 0 Å². The zero-order chi connectivity index (χ0) is 17.6. The molecule has 0 bridgehead atoms. The molecule has 1 amide bonds. The van der Waals surface area contributed by atoms with Crippen LogP contribution in [0.3, 0.4) is 0 Å². The summed E-state index contributed by atoms with van der Waals surface area (Å²) in [5.74, 6) is -0.623. The lowest BCUT2D eigenvalue weighted by molar-refractivity contribution is 0.0338. The predicted octanol–water partition coefficient (Wildman–Crippen LogP) is 4.92. The largest absolute Gasteiger partial charge is 0.454 e. The summed E-state index contributed by atoms with van der Waals surface area (Å²) >= 11 is 1.36. The van der Waals surface area contributed by atoms with E-state index in [-0.39, 0.29) is 12.0 Å². The van der Waals surface area contributed by atoms with E-state index in [9.17, 15) is 9.59 Å². The molecule has 1 aromatic heterocycles. The molecule has 3 rings (SSSR count). The Kier molecular flexibility index (Phi) is 5.26. The van der Waals surface area contributed by atoms with Crippen molar-refractivity contribution in [1.29, 1.82) is 0 Å². The van der Waals surface area contributed by atoms with Crippen molar-refractivity contribution < 1.29 is 14.3 Å². The number of benzene rings is 2. The van der Waals surface area contributed by atoms with Crippen LogP contribution in [-0.2, 0) is 4.74 Å². The molecule has 1 atom stereocenters. The highest BCUT2D eigenvalue weighted by Crippen LogP contribution is 2.20. The Bertz CT molecular complexity index is 860. The van der Waals surface area contributed by atoms with Crippen molar-refractivity contribution in [2.24, 2.45) is 0 Å². The molecule has 0 fully saturated rings. The van der Waals surface area contributed by atoms with Crippen LogP contribution >= 0.6 is 11.3 Å². The van der Waals surface area contributed by atoms with Crippen molar-refractivity contribution in [2.75, 3.05) is 5.32 Å². The molecule has 0 aliphatic rings. The van der Waals surface area contributed by atoms with Gasteiger partial charge in [0.1, 0.15) is 6.10 Å². The molecular formula is C20H17NO3S. The molecule has 25 heavy (non-hydrogen) atoms. The zero-order valence-corrected chi connectivity index (χ0v) is 14.5. The fraction of sp³-hybridized carbons (Fsp3) is 0.100. The second-order valence-electron chi connectivity index (χ2n) is 5.47. The number of carbonyl (C=O) groups is 2. The molecule has 1 heterocycles. The van der Waals surface area contributed by atoms with E-state index in [4.69, 9.17) is 4.74 Å². The van der Waals surface area contributed by atoms with Crippen LogP contribution in [0.2, 0.25) is 0 Å². The van der Waals surface area contributed by atoms with Gasteiger partial charge in [0.25, 0.3) is 5.91 Å². The number of ether oxygens (including phenoxy) is 1. The molecule has 0 saturated heterocycles. The van der Waals surface area contributed by atoms with Gasteiger partial charge in [0.15, 0.2) is 0 Å². The first-order valence-corrected chi connectivity index (χ1v) is 8.72. The average Bonchev–Trinajstić information content (AvgIpc) is 3.17. The summed E-state index contributed by atoms with van der Waals surface area (Å²) in [6, 6.07) is 19.9. The van der Waals surface area contributed by atoms with E-state index in [2.05, 4.69) is 5.32 Å². The van der Waals surface area contributed by atoms with E-state index >= 15 is 0 Å². The fourth-order valence-electron chi connectivity index (χ4n) is 2.35. The smallest absolute Gasteiger partial charge is 0.338 e. The molecule has 5 heteroatoms. The van der Waals surface area contributed by atoms with Crippen LogP contribution in [0.1, 0.15) is 38.6 Å². The van der Waals surface area contributed by atoms with Crippen LogP contribution < -0.4 is 5.32 Å². The van der Waals surface area contributed by atoms with Gasteiger partial charge in [0.05, 0.1) is 10.4 Å². The molecule has 126 valence electrons. The third-order valence-electron chi connectivity index (χ3n) is 3.65. The van der Waals surface area contributed by atoms with Gasteiger partial charge in [-0.2, -0.15) is 0 Å². The van der Waals surface area contributed by atoms with Gasteiger partial charge in [-0.05, 0) is 42.1 Å². The van der Waals surface area contributed by atoms with Gasteiger partial charge in [-0.25, -0.2) is 4.79 Å². The first kappa shape index (κ1) is 16.9. The quantitative estimate of drug-likeness (QED) is 0.664. The third-order valence-corrected chi connectivity index (χ3v) is 4.52. The molecule has 0 spiro atoms. The Balaban J connectivity index is 1.68. The maximum Gasteiger partial charge on any atom is 0.338 e. The van der Waals surface area contributed by atoms with Crippen molar-refractivity contribution in [3.63, 3.8) is 0 Å². The van der Waals surface area contributed by atoms with Gasteiger partial charge < -0.3 is 10.1 Å². The number of anilines is 1. The Hall–Kier alpha value is -2.92. The van der Waals surface area contributed by atoms with E-state index in [0.717, 1.165) is 5.56 Å². The molecule has 0 aliphatic carbocycles. The summed E-state index contributed by atoms with van der Waals surface area (Å²) in [4.78, 5) is 25.1. The first-order valence-electron chi connectivity index (χ1n) is 7.84. The maximum atomic E-state index is 12.4. The summed E-state index contributed by atoms with van der Waals surface area (Å²) in [5, 5.41) is 4.63. The summed E-state index contributed by atoms with van der Waals surface area (Å²) in [7, 11) is 0. The molecule has 0 radical (unpaired) electrons. The average molecular weight is 351 g/mol. The summed E-state index contributed by atoms with van der Waals surface area (Å²) in [5.41, 5.74) is 1.88. The van der Waals surface area contributed by atoms with Gasteiger partial charge in [-0.15, -0.1) is 11.3 Å². The molecule has 1 N–H and O–H groups in total. The number of thiophene rings is 1. The van der Waals surface area contributed by atoms with Crippen molar-refractivity contribution in [2.45, 2.75) is 13.0 Å². The lowest BCUT2D eigenvalue weighted by Gasteiger charge is -2.14. The highest BCUT2D eigenvalue weighted by atomic mass is 32.1. The van der Waals surface area contributed by atoms with Crippen LogP contribution in [0.5, 0.6) is 0 Å². The van der Waals surface area contributed by atoms with Crippen LogP contribution in [0, 0.1) is 0 Å². The Labute approximate surface area is 150 Å². The van der Waals surface area contributed by atoms with Crippen LogP contribution in [0.25, 0.3) is 0 Å². The third kappa shape index (κ3) is 4.33. The van der Waals surface area contributed by atoms with Gasteiger partial charge >= 0.3 is 5.97 Å². The van der Waals surface area contributed by atoms with Crippen LogP contribution in [0.15, 0.2) is 72.1 Å². The molecule has 4 nitrogen and oxygen atoms in total. The van der Waals surface area contributed by atoms with Gasteiger partial charge in [-0.3, -0.25) is 4.79 Å². The predicted molar refractivity (Wildman–Crippen MR) is 99.0 cm³/mol. The van der Waals surface area contributed by atoms with E-state index < -0.39 is 5.97 Å². The molecule has 0 unspecified atom stereocenters. The lowest BCUT2D eigenvalue weighted by Crippen LogP contribution is -2.12. The Morgan fingerprint density at radius 2 is 1.80 bits per heavy atom. The number of rotatable bonds is 5. The van der Waals surface area contributed by atoms with Gasteiger partial charge in [-0.1, -0.05) is 42.5 Å². The normalized spacial score (nSPS) is 11.6. The highest BCUT2D eigenvalue weighted by Gasteiger charge is 2.14. The minimum absolute atomic E-state index is 0.196. The Morgan fingerprint density at radius 1 is 1.00 bits per heavy atom. The minimum Gasteiger partial charge on any atom is -0.454 e. The van der Waals surface area contributed by atoms with Gasteiger partial charge in [0.2, 0.25) is 0 Å². The van der Waals surface area contributed by atoms with Crippen LogP contribution in [-0.4, -0.2) is 11.9 Å². The number of hydrogen-bond acceptors (Lipinski definition) is 4. The number of esters is 1. The van der Waals surface area contributed by atoms with Crippen molar-refractivity contribution in [1.82, 2.24) is 0 Å². The fourth-order valence-corrected chi connectivity index (χ4v) is 2.96. The molecular weight excluding hydrogens is 334 g/mol. The molecule has 3 aromatic rings. The van der Waals surface area contributed by atoms with Gasteiger partial charge in [0, 0.05) is 5.69 Å². The van der Waals surface area contributed by atoms with Crippen molar-refractivity contribution in [3.05, 3.63) is 88.1 Å². The van der Waals surface area contributed by atoms with E-state index in [1.807, 2.05) is 48.7 Å². The van der Waals surface area contributed by atoms with E-state index in [1.165, 1.54) is 11.3 Å². The molecule has 2 aromatic carbocycles. The van der Waals surface area contributed by atoms with Crippen molar-refractivity contribution >= 4 is 28.9 Å². The molecule has 0 aliphatic heterocycles. The second kappa shape index (κ2) is 7.77. The monoisotopic (exact) mass is 351 g/mol. The summed E-state index contributed by atoms with van der Waals surface area (Å²) < 4.78 is 5.51. The standard InChI is InChI=1S/C20H17NO3S/c1-14(15-7-3-2-4-8-15)24-20(23)16-9-5-10-17(13-16)21-19(22)18-11-6-12-25-18/h2-14H,1H3,(H,21,22)/t14-/m0/s1. The number of nitrogens with one attached hydrogen (secondary N) is 1. The Morgan fingerprint density at radius 3 is 2.52 bits per heavy atom. The van der Waals surface area contributed by atoms with E-state index in [1.54, 1.807) is 30.3 Å². The second-order valence-corrected chi connectivity index (χ2v) is 6.42.